The third-order valence-electron chi connectivity index (χ3n) is 3.60. The summed E-state index contributed by atoms with van der Waals surface area (Å²) < 4.78 is 2.91. The lowest BCUT2D eigenvalue weighted by atomic mass is 10.1. The van der Waals surface area contributed by atoms with Crippen molar-refractivity contribution in [1.29, 1.82) is 0 Å². The van der Waals surface area contributed by atoms with Crippen LogP contribution >= 0.6 is 15.9 Å². The second-order valence-corrected chi connectivity index (χ2v) is 5.66. The second-order valence-electron chi connectivity index (χ2n) is 4.74. The number of fused-ring (bicyclic) bond motifs is 1. The largest absolute Gasteiger partial charge is 0.317 e. The maximum Gasteiger partial charge on any atom is 0.258 e. The third kappa shape index (κ3) is 2.10. The molecular weight excluding hydrogens is 292 g/mol. The number of halogens is 1. The fourth-order valence-corrected chi connectivity index (χ4v) is 2.98. The Morgan fingerprint density at radius 2 is 2.00 bits per heavy atom. The van der Waals surface area contributed by atoms with E-state index in [-0.39, 0.29) is 5.56 Å². The average molecular weight is 307 g/mol. The molecule has 18 heavy (non-hydrogen) atoms. The van der Waals surface area contributed by atoms with E-state index in [9.17, 15) is 4.79 Å². The van der Waals surface area contributed by atoms with Crippen LogP contribution in [0.5, 0.6) is 0 Å². The summed E-state index contributed by atoms with van der Waals surface area (Å²) in [6.07, 6.45) is 4.00. The quantitative estimate of drug-likeness (QED) is 0.879. The molecule has 0 radical (unpaired) electrons. The zero-order chi connectivity index (χ0) is 12.5. The van der Waals surface area contributed by atoms with E-state index in [1.807, 2.05) is 35.0 Å². The van der Waals surface area contributed by atoms with Crippen molar-refractivity contribution in [2.24, 2.45) is 0 Å². The molecule has 4 heteroatoms. The highest BCUT2D eigenvalue weighted by atomic mass is 79.9. The van der Waals surface area contributed by atoms with Gasteiger partial charge in [-0.3, -0.25) is 4.79 Å². The van der Waals surface area contributed by atoms with Crippen LogP contribution in [0.4, 0.5) is 0 Å². The predicted octanol–water partition coefficient (Wildman–Crippen LogP) is 2.69. The Kier molecular flexibility index (Phi) is 3.22. The molecule has 0 amide bonds. The Morgan fingerprint density at radius 1 is 1.22 bits per heavy atom. The first kappa shape index (κ1) is 11.9. The van der Waals surface area contributed by atoms with Gasteiger partial charge in [0, 0.05) is 22.1 Å². The molecule has 0 bridgehead atoms. The summed E-state index contributed by atoms with van der Waals surface area (Å²) in [6.45, 7) is 1.99. The third-order valence-corrected chi connectivity index (χ3v) is 4.09. The maximum atomic E-state index is 12.5. The highest BCUT2D eigenvalue weighted by Gasteiger charge is 2.16. The molecule has 1 aliphatic rings. The van der Waals surface area contributed by atoms with Gasteiger partial charge in [0.25, 0.3) is 5.56 Å². The van der Waals surface area contributed by atoms with Crippen LogP contribution < -0.4 is 10.9 Å². The van der Waals surface area contributed by atoms with E-state index >= 15 is 0 Å². The van der Waals surface area contributed by atoms with Crippen LogP contribution in [0.2, 0.25) is 0 Å². The minimum absolute atomic E-state index is 0.131. The standard InChI is InChI=1S/C14H15BrN2O/c15-11-1-2-13-10(9-11)5-8-17(14(13)18)12-3-6-16-7-4-12/h1-2,5,8-9,12,16H,3-4,6-7H2. The van der Waals surface area contributed by atoms with Crippen molar-refractivity contribution in [3.8, 4) is 0 Å². The molecule has 3 rings (SSSR count). The van der Waals surface area contributed by atoms with E-state index in [2.05, 4.69) is 21.2 Å². The SMILES string of the molecule is O=c1c2ccc(Br)cc2ccn1C1CCNCC1. The van der Waals surface area contributed by atoms with Crippen LogP contribution in [-0.4, -0.2) is 17.7 Å². The zero-order valence-corrected chi connectivity index (χ0v) is 11.6. The van der Waals surface area contributed by atoms with Crippen molar-refractivity contribution < 1.29 is 0 Å². The number of nitrogens with one attached hydrogen (secondary N) is 1. The number of hydrogen-bond donors (Lipinski definition) is 1. The molecule has 1 fully saturated rings. The Morgan fingerprint density at radius 3 is 2.78 bits per heavy atom. The molecule has 1 N–H and O–H groups in total. The lowest BCUT2D eigenvalue weighted by molar-refractivity contribution is 0.362. The van der Waals surface area contributed by atoms with Crippen LogP contribution in [0.25, 0.3) is 10.8 Å². The number of pyridine rings is 1. The molecule has 2 aromatic rings. The van der Waals surface area contributed by atoms with Crippen LogP contribution in [0.1, 0.15) is 18.9 Å². The molecule has 2 heterocycles. The fraction of sp³-hybridized carbons (Fsp3) is 0.357. The Labute approximate surface area is 114 Å². The molecule has 3 nitrogen and oxygen atoms in total. The zero-order valence-electron chi connectivity index (χ0n) is 10.0. The van der Waals surface area contributed by atoms with Crippen LogP contribution in [0, 0.1) is 0 Å². The monoisotopic (exact) mass is 306 g/mol. The fourth-order valence-electron chi connectivity index (χ4n) is 2.61. The van der Waals surface area contributed by atoms with Gasteiger partial charge in [0.1, 0.15) is 0 Å². The molecule has 0 spiro atoms. The first-order chi connectivity index (χ1) is 8.75. The summed E-state index contributed by atoms with van der Waals surface area (Å²) in [5.41, 5.74) is 0.131. The minimum atomic E-state index is 0.131. The second kappa shape index (κ2) is 4.86. The van der Waals surface area contributed by atoms with Crippen molar-refractivity contribution in [3.05, 3.63) is 45.3 Å². The number of piperidine rings is 1. The first-order valence-electron chi connectivity index (χ1n) is 6.27. The minimum Gasteiger partial charge on any atom is -0.317 e. The van der Waals surface area contributed by atoms with Crippen LogP contribution in [0.3, 0.4) is 0 Å². The topological polar surface area (TPSA) is 34.0 Å². The molecular formula is C14H15BrN2O. The normalized spacial score (nSPS) is 17.2. The van der Waals surface area contributed by atoms with Gasteiger partial charge in [-0.1, -0.05) is 15.9 Å². The molecule has 1 aliphatic heterocycles. The molecule has 94 valence electrons. The summed E-state index contributed by atoms with van der Waals surface area (Å²) in [4.78, 5) is 12.5. The summed E-state index contributed by atoms with van der Waals surface area (Å²) in [5.74, 6) is 0. The summed E-state index contributed by atoms with van der Waals surface area (Å²) in [7, 11) is 0. The summed E-state index contributed by atoms with van der Waals surface area (Å²) >= 11 is 3.43. The molecule has 1 saturated heterocycles. The smallest absolute Gasteiger partial charge is 0.258 e. The number of nitrogens with zero attached hydrogens (tertiary/aromatic N) is 1. The van der Waals surface area contributed by atoms with Crippen LogP contribution in [-0.2, 0) is 0 Å². The summed E-state index contributed by atoms with van der Waals surface area (Å²) in [6, 6.07) is 8.19. The molecule has 1 aromatic carbocycles. The van der Waals surface area contributed by atoms with Crippen molar-refractivity contribution in [3.63, 3.8) is 0 Å². The summed E-state index contributed by atoms with van der Waals surface area (Å²) in [5, 5.41) is 5.13. The van der Waals surface area contributed by atoms with Gasteiger partial charge in [-0.15, -0.1) is 0 Å². The first-order valence-corrected chi connectivity index (χ1v) is 7.06. The van der Waals surface area contributed by atoms with E-state index in [1.54, 1.807) is 0 Å². The van der Waals surface area contributed by atoms with E-state index < -0.39 is 0 Å². The van der Waals surface area contributed by atoms with E-state index in [0.29, 0.717) is 6.04 Å². The highest BCUT2D eigenvalue weighted by Crippen LogP contribution is 2.20. The maximum absolute atomic E-state index is 12.5. The highest BCUT2D eigenvalue weighted by molar-refractivity contribution is 9.10. The van der Waals surface area contributed by atoms with Gasteiger partial charge in [-0.25, -0.2) is 0 Å². The van der Waals surface area contributed by atoms with E-state index in [1.165, 1.54) is 0 Å². The molecule has 1 aromatic heterocycles. The van der Waals surface area contributed by atoms with Gasteiger partial charge < -0.3 is 9.88 Å². The van der Waals surface area contributed by atoms with Crippen molar-refractivity contribution in [2.45, 2.75) is 18.9 Å². The van der Waals surface area contributed by atoms with Gasteiger partial charge >= 0.3 is 0 Å². The lowest BCUT2D eigenvalue weighted by Gasteiger charge is -2.25. The molecule has 0 aliphatic carbocycles. The van der Waals surface area contributed by atoms with Gasteiger partial charge in [-0.05, 0) is 55.6 Å². The molecule has 0 saturated carbocycles. The Hall–Kier alpha value is -1.13. The van der Waals surface area contributed by atoms with Gasteiger partial charge in [0.05, 0.1) is 0 Å². The predicted molar refractivity (Wildman–Crippen MR) is 77.0 cm³/mol. The van der Waals surface area contributed by atoms with Crippen LogP contribution in [0.15, 0.2) is 39.7 Å². The van der Waals surface area contributed by atoms with Gasteiger partial charge in [-0.2, -0.15) is 0 Å². The molecule has 0 unspecified atom stereocenters. The van der Waals surface area contributed by atoms with E-state index in [4.69, 9.17) is 0 Å². The number of rotatable bonds is 1. The Balaban J connectivity index is 2.11. The van der Waals surface area contributed by atoms with Crippen molar-refractivity contribution >= 4 is 26.7 Å². The van der Waals surface area contributed by atoms with Gasteiger partial charge in [0.15, 0.2) is 0 Å². The molecule has 0 atom stereocenters. The van der Waals surface area contributed by atoms with Crippen molar-refractivity contribution in [1.82, 2.24) is 9.88 Å². The van der Waals surface area contributed by atoms with Crippen molar-refractivity contribution in [2.75, 3.05) is 13.1 Å². The number of benzene rings is 1. The lowest BCUT2D eigenvalue weighted by Crippen LogP contribution is -2.33. The van der Waals surface area contributed by atoms with E-state index in [0.717, 1.165) is 41.2 Å². The number of aromatic nitrogens is 1. The van der Waals surface area contributed by atoms with Gasteiger partial charge in [0.2, 0.25) is 0 Å². The Bertz CT molecular complexity index is 629. The average Bonchev–Trinajstić information content (AvgIpc) is 2.40. The number of hydrogen-bond acceptors (Lipinski definition) is 2.